The third-order valence-electron chi connectivity index (χ3n) is 1.82. The molecule has 1 amide bonds. The molecular formula is C10H18N2O2. The Morgan fingerprint density at radius 3 is 2.64 bits per heavy atom. The molecule has 0 fully saturated rings. The normalized spacial score (nSPS) is 13.1. The highest BCUT2D eigenvalue weighted by atomic mass is 16.5. The molecule has 0 radical (unpaired) electrons. The van der Waals surface area contributed by atoms with E-state index in [2.05, 4.69) is 11.2 Å². The lowest BCUT2D eigenvalue weighted by Crippen LogP contribution is -2.44. The quantitative estimate of drug-likeness (QED) is 0.605. The number of hydrogen-bond donors (Lipinski definition) is 2. The second-order valence-electron chi connectivity index (χ2n) is 3.62. The first kappa shape index (κ1) is 12.9. The fourth-order valence-electron chi connectivity index (χ4n) is 0.905. The second kappa shape index (κ2) is 5.63. The van der Waals surface area contributed by atoms with E-state index in [0.29, 0.717) is 6.54 Å². The summed E-state index contributed by atoms with van der Waals surface area (Å²) in [7, 11) is 1.52. The minimum Gasteiger partial charge on any atom is -0.380 e. The number of terminal acetylenes is 1. The van der Waals surface area contributed by atoms with Crippen molar-refractivity contribution in [1.82, 2.24) is 5.32 Å². The molecule has 1 unspecified atom stereocenters. The first-order valence-corrected chi connectivity index (χ1v) is 4.47. The van der Waals surface area contributed by atoms with Gasteiger partial charge in [0, 0.05) is 13.7 Å². The van der Waals surface area contributed by atoms with E-state index in [1.165, 1.54) is 7.11 Å². The number of methoxy groups -OCH3 is 1. The summed E-state index contributed by atoms with van der Waals surface area (Å²) in [5.74, 6) is 2.33. The zero-order valence-electron chi connectivity index (χ0n) is 8.96. The fourth-order valence-corrected chi connectivity index (χ4v) is 0.905. The highest BCUT2D eigenvalue weighted by molar-refractivity contribution is 5.77. The molecule has 0 saturated heterocycles. The third kappa shape index (κ3) is 4.85. The fraction of sp³-hybridized carbons (Fsp3) is 0.700. The number of carbonyl (C=O) groups excluding carboxylic acids is 1. The van der Waals surface area contributed by atoms with Crippen molar-refractivity contribution >= 4 is 5.91 Å². The molecule has 0 aromatic rings. The average Bonchev–Trinajstić information content (AvgIpc) is 2.13. The number of rotatable bonds is 5. The molecule has 0 aliphatic rings. The van der Waals surface area contributed by atoms with Gasteiger partial charge in [0.2, 0.25) is 5.91 Å². The number of carbonyl (C=O) groups is 1. The molecule has 0 heterocycles. The van der Waals surface area contributed by atoms with Crippen LogP contribution in [0.3, 0.4) is 0 Å². The van der Waals surface area contributed by atoms with Gasteiger partial charge in [-0.15, -0.1) is 6.42 Å². The van der Waals surface area contributed by atoms with E-state index in [1.807, 2.05) is 0 Å². The summed E-state index contributed by atoms with van der Waals surface area (Å²) in [5, 5.41) is 2.69. The first-order valence-electron chi connectivity index (χ1n) is 4.47. The number of nitrogens with one attached hydrogen (secondary N) is 1. The maximum atomic E-state index is 11.4. The zero-order chi connectivity index (χ0) is 11.2. The van der Waals surface area contributed by atoms with Crippen LogP contribution in [-0.4, -0.2) is 31.2 Å². The maximum absolute atomic E-state index is 11.4. The van der Waals surface area contributed by atoms with Gasteiger partial charge >= 0.3 is 0 Å². The Balaban J connectivity index is 4.05. The van der Waals surface area contributed by atoms with E-state index < -0.39 is 5.54 Å². The van der Waals surface area contributed by atoms with Crippen LogP contribution in [0.2, 0.25) is 0 Å². The van der Waals surface area contributed by atoms with Crippen LogP contribution >= 0.6 is 0 Å². The summed E-state index contributed by atoms with van der Waals surface area (Å²) in [5.41, 5.74) is 4.76. The Kier molecular flexibility index (Phi) is 5.21. The van der Waals surface area contributed by atoms with Gasteiger partial charge in [-0.3, -0.25) is 4.79 Å². The molecule has 4 heteroatoms. The van der Waals surface area contributed by atoms with Gasteiger partial charge < -0.3 is 15.8 Å². The van der Waals surface area contributed by atoms with Gasteiger partial charge in [0.1, 0.15) is 0 Å². The van der Waals surface area contributed by atoms with Crippen LogP contribution in [-0.2, 0) is 9.53 Å². The Hall–Kier alpha value is -1.05. The summed E-state index contributed by atoms with van der Waals surface area (Å²) in [6.07, 6.45) is 5.22. The summed E-state index contributed by atoms with van der Waals surface area (Å²) in [4.78, 5) is 11.4. The van der Waals surface area contributed by atoms with Gasteiger partial charge in [0.15, 0.2) is 0 Å². The number of amides is 1. The lowest BCUT2D eigenvalue weighted by atomic mass is 10.1. The summed E-state index contributed by atoms with van der Waals surface area (Å²) < 4.78 is 4.98. The Bertz CT molecular complexity index is 227. The minimum atomic E-state index is -0.621. The monoisotopic (exact) mass is 198 g/mol. The topological polar surface area (TPSA) is 64.4 Å². The van der Waals surface area contributed by atoms with Gasteiger partial charge in [0.25, 0.3) is 0 Å². The van der Waals surface area contributed by atoms with Gasteiger partial charge in [0.05, 0.1) is 18.1 Å². The molecule has 0 saturated carbocycles. The highest BCUT2D eigenvalue weighted by Crippen LogP contribution is 2.01. The highest BCUT2D eigenvalue weighted by Gasteiger charge is 2.19. The summed E-state index contributed by atoms with van der Waals surface area (Å²) in [6, 6.07) is 0. The third-order valence-corrected chi connectivity index (χ3v) is 1.82. The van der Waals surface area contributed by atoms with Crippen molar-refractivity contribution in [3.63, 3.8) is 0 Å². The minimum absolute atomic E-state index is 0.148. The van der Waals surface area contributed by atoms with Crippen LogP contribution in [0, 0.1) is 12.3 Å². The lowest BCUT2D eigenvalue weighted by molar-refractivity contribution is -0.124. The van der Waals surface area contributed by atoms with Gasteiger partial charge in [-0.2, -0.15) is 0 Å². The second-order valence-corrected chi connectivity index (χ2v) is 3.62. The molecule has 0 aliphatic carbocycles. The van der Waals surface area contributed by atoms with E-state index in [0.717, 1.165) is 0 Å². The van der Waals surface area contributed by atoms with E-state index in [9.17, 15) is 4.79 Å². The van der Waals surface area contributed by atoms with Crippen molar-refractivity contribution in [2.75, 3.05) is 13.7 Å². The van der Waals surface area contributed by atoms with Crippen LogP contribution in [0.4, 0.5) is 0 Å². The molecule has 0 aliphatic heterocycles. The van der Waals surface area contributed by atoms with Crippen molar-refractivity contribution in [1.29, 1.82) is 0 Å². The summed E-state index contributed by atoms with van der Waals surface area (Å²) >= 11 is 0. The standard InChI is InChI=1S/C10H18N2O2/c1-5-10(2,3)12-9(13)6-8(7-11)14-4/h1,8H,6-7,11H2,2-4H3,(H,12,13). The molecule has 0 aromatic heterocycles. The molecule has 14 heavy (non-hydrogen) atoms. The van der Waals surface area contributed by atoms with E-state index in [4.69, 9.17) is 16.9 Å². The van der Waals surface area contributed by atoms with Crippen LogP contribution in [0.1, 0.15) is 20.3 Å². The van der Waals surface area contributed by atoms with Crippen molar-refractivity contribution in [3.8, 4) is 12.3 Å². The van der Waals surface area contributed by atoms with E-state index >= 15 is 0 Å². The Labute approximate surface area is 85.2 Å². The molecule has 0 aromatic carbocycles. The number of nitrogens with two attached hydrogens (primary N) is 1. The van der Waals surface area contributed by atoms with Crippen LogP contribution < -0.4 is 11.1 Å². The molecule has 0 rings (SSSR count). The van der Waals surface area contributed by atoms with Crippen molar-refractivity contribution in [3.05, 3.63) is 0 Å². The summed E-state index contributed by atoms with van der Waals surface area (Å²) in [6.45, 7) is 3.84. The van der Waals surface area contributed by atoms with E-state index in [1.54, 1.807) is 13.8 Å². The lowest BCUT2D eigenvalue weighted by Gasteiger charge is -2.21. The SMILES string of the molecule is C#CC(C)(C)NC(=O)CC(CN)OC. The molecule has 4 nitrogen and oxygen atoms in total. The molecule has 80 valence electrons. The predicted octanol–water partition coefficient (Wildman–Crippen LogP) is -0.122. The van der Waals surface area contributed by atoms with Crippen LogP contribution in [0.5, 0.6) is 0 Å². The number of hydrogen-bond acceptors (Lipinski definition) is 3. The molecule has 1 atom stereocenters. The Morgan fingerprint density at radius 2 is 2.29 bits per heavy atom. The molecular weight excluding hydrogens is 180 g/mol. The van der Waals surface area contributed by atoms with Gasteiger partial charge in [-0.05, 0) is 13.8 Å². The Morgan fingerprint density at radius 1 is 1.71 bits per heavy atom. The smallest absolute Gasteiger partial charge is 0.223 e. The van der Waals surface area contributed by atoms with Crippen LogP contribution in [0.15, 0.2) is 0 Å². The molecule has 0 spiro atoms. The largest absolute Gasteiger partial charge is 0.380 e. The molecule has 3 N–H and O–H groups in total. The average molecular weight is 198 g/mol. The van der Waals surface area contributed by atoms with E-state index in [-0.39, 0.29) is 18.4 Å². The van der Waals surface area contributed by atoms with Gasteiger partial charge in [-0.25, -0.2) is 0 Å². The predicted molar refractivity (Wildman–Crippen MR) is 55.5 cm³/mol. The maximum Gasteiger partial charge on any atom is 0.223 e. The van der Waals surface area contributed by atoms with Crippen LogP contribution in [0.25, 0.3) is 0 Å². The first-order chi connectivity index (χ1) is 6.45. The van der Waals surface area contributed by atoms with Crippen molar-refractivity contribution in [2.45, 2.75) is 31.9 Å². The van der Waals surface area contributed by atoms with Gasteiger partial charge in [-0.1, -0.05) is 5.92 Å². The molecule has 0 bridgehead atoms. The van der Waals surface area contributed by atoms with Crippen molar-refractivity contribution in [2.24, 2.45) is 5.73 Å². The number of ether oxygens (including phenoxy) is 1. The van der Waals surface area contributed by atoms with Crippen molar-refractivity contribution < 1.29 is 9.53 Å². The zero-order valence-corrected chi connectivity index (χ0v) is 8.96.